The number of hydrogen-bond donors (Lipinski definition) is 1. The topological polar surface area (TPSA) is 56.1 Å². The minimum absolute atomic E-state index is 0.00683. The average Bonchev–Trinajstić information content (AvgIpc) is 2.98. The number of carbonyl (C=O) groups excluding carboxylic acids is 1. The fraction of sp³-hybridized carbons (Fsp3) is 0.222. The zero-order valence-corrected chi connectivity index (χ0v) is 13.0. The highest BCUT2D eigenvalue weighted by atomic mass is 16.5. The van der Waals surface area contributed by atoms with Crippen molar-refractivity contribution in [3.8, 4) is 5.75 Å². The van der Waals surface area contributed by atoms with Gasteiger partial charge in [-0.1, -0.05) is 0 Å². The van der Waals surface area contributed by atoms with Crippen LogP contribution >= 0.6 is 0 Å². The van der Waals surface area contributed by atoms with Gasteiger partial charge in [0.05, 0.1) is 7.11 Å². The number of pyridine rings is 1. The van der Waals surface area contributed by atoms with Crippen molar-refractivity contribution in [3.63, 3.8) is 0 Å². The van der Waals surface area contributed by atoms with Gasteiger partial charge in [-0.25, -0.2) is 0 Å². The Balaban J connectivity index is 1.57. The summed E-state index contributed by atoms with van der Waals surface area (Å²) in [7, 11) is 1.65. The number of fused-ring (bicyclic) bond motifs is 1. The predicted molar refractivity (Wildman–Crippen MR) is 89.4 cm³/mol. The van der Waals surface area contributed by atoms with E-state index in [1.54, 1.807) is 19.5 Å². The van der Waals surface area contributed by atoms with Crippen LogP contribution < -0.4 is 10.1 Å². The van der Waals surface area contributed by atoms with E-state index in [4.69, 9.17) is 4.74 Å². The summed E-state index contributed by atoms with van der Waals surface area (Å²) in [6.07, 6.45) is 6.25. The number of amides is 1. The van der Waals surface area contributed by atoms with Gasteiger partial charge in [0.1, 0.15) is 12.3 Å². The number of aromatic nitrogens is 2. The minimum Gasteiger partial charge on any atom is -0.497 e. The van der Waals surface area contributed by atoms with Crippen molar-refractivity contribution in [1.82, 2.24) is 14.9 Å². The molecule has 0 aliphatic carbocycles. The molecule has 23 heavy (non-hydrogen) atoms. The lowest BCUT2D eigenvalue weighted by Gasteiger charge is -2.08. The lowest BCUT2D eigenvalue weighted by atomic mass is 10.2. The summed E-state index contributed by atoms with van der Waals surface area (Å²) in [6, 6.07) is 11.7. The quantitative estimate of drug-likeness (QED) is 0.761. The van der Waals surface area contributed by atoms with Crippen molar-refractivity contribution in [2.75, 3.05) is 13.7 Å². The maximum Gasteiger partial charge on any atom is 0.239 e. The Morgan fingerprint density at radius 3 is 2.83 bits per heavy atom. The molecule has 0 saturated carbocycles. The van der Waals surface area contributed by atoms with Gasteiger partial charge in [-0.2, -0.15) is 0 Å². The van der Waals surface area contributed by atoms with Crippen molar-refractivity contribution in [2.45, 2.75) is 13.0 Å². The van der Waals surface area contributed by atoms with Crippen molar-refractivity contribution >= 4 is 16.8 Å². The number of carbonyl (C=O) groups is 1. The second-order valence-corrected chi connectivity index (χ2v) is 5.32. The van der Waals surface area contributed by atoms with E-state index in [1.165, 1.54) is 5.56 Å². The summed E-state index contributed by atoms with van der Waals surface area (Å²) in [5, 5.41) is 4.02. The molecular formula is C18H19N3O2. The second-order valence-electron chi connectivity index (χ2n) is 5.32. The summed E-state index contributed by atoms with van der Waals surface area (Å²) in [5.41, 5.74) is 2.19. The van der Waals surface area contributed by atoms with Gasteiger partial charge in [0.15, 0.2) is 0 Å². The fourth-order valence-corrected chi connectivity index (χ4v) is 2.55. The fourth-order valence-electron chi connectivity index (χ4n) is 2.55. The molecule has 0 aliphatic heterocycles. The monoisotopic (exact) mass is 309 g/mol. The standard InChI is InChI=1S/C18H19N3O2/c1-23-16-2-3-17-15(12-16)7-11-21(17)13-18(22)20-10-6-14-4-8-19-9-5-14/h2-5,7-9,11-12H,6,10,13H2,1H3,(H,20,22). The molecule has 2 aromatic heterocycles. The van der Waals surface area contributed by atoms with E-state index < -0.39 is 0 Å². The van der Waals surface area contributed by atoms with Crippen molar-refractivity contribution in [3.05, 3.63) is 60.6 Å². The summed E-state index contributed by atoms with van der Waals surface area (Å²) in [6.45, 7) is 0.933. The van der Waals surface area contributed by atoms with Gasteiger partial charge < -0.3 is 14.6 Å². The molecule has 2 heterocycles. The Hall–Kier alpha value is -2.82. The van der Waals surface area contributed by atoms with Gasteiger partial charge in [0.25, 0.3) is 0 Å². The molecule has 1 aromatic carbocycles. The molecule has 5 heteroatoms. The number of methoxy groups -OCH3 is 1. The summed E-state index contributed by atoms with van der Waals surface area (Å²) >= 11 is 0. The van der Waals surface area contributed by atoms with Crippen molar-refractivity contribution < 1.29 is 9.53 Å². The SMILES string of the molecule is COc1ccc2c(ccn2CC(=O)NCCc2ccncc2)c1. The van der Waals surface area contributed by atoms with E-state index in [0.717, 1.165) is 23.1 Å². The third-order valence-electron chi connectivity index (χ3n) is 3.78. The first-order chi connectivity index (χ1) is 11.3. The maximum absolute atomic E-state index is 12.1. The van der Waals surface area contributed by atoms with E-state index in [9.17, 15) is 4.79 Å². The first kappa shape index (κ1) is 15.1. The predicted octanol–water partition coefficient (Wildman–Crippen LogP) is 2.40. The normalized spacial score (nSPS) is 10.7. The van der Waals surface area contributed by atoms with Gasteiger partial charge in [-0.05, 0) is 48.4 Å². The van der Waals surface area contributed by atoms with E-state index in [0.29, 0.717) is 13.1 Å². The number of nitrogens with zero attached hydrogens (tertiary/aromatic N) is 2. The second kappa shape index (κ2) is 6.96. The summed E-state index contributed by atoms with van der Waals surface area (Å²) < 4.78 is 7.16. The molecule has 0 fully saturated rings. The molecule has 0 radical (unpaired) electrons. The van der Waals surface area contributed by atoms with E-state index in [2.05, 4.69) is 10.3 Å². The Bertz CT molecular complexity index is 796. The third kappa shape index (κ3) is 3.69. The number of nitrogens with one attached hydrogen (secondary N) is 1. The van der Waals surface area contributed by atoms with Crippen LogP contribution in [0.3, 0.4) is 0 Å². The molecule has 3 aromatic rings. The van der Waals surface area contributed by atoms with Gasteiger partial charge >= 0.3 is 0 Å². The van der Waals surface area contributed by atoms with Crippen molar-refractivity contribution in [1.29, 1.82) is 0 Å². The van der Waals surface area contributed by atoms with Crippen LogP contribution in [-0.2, 0) is 17.8 Å². The molecule has 0 saturated heterocycles. The summed E-state index contributed by atoms with van der Waals surface area (Å²) in [5.74, 6) is 0.824. The van der Waals surface area contributed by atoms with Crippen LogP contribution in [0, 0.1) is 0 Å². The van der Waals surface area contributed by atoms with Crippen LogP contribution in [0.4, 0.5) is 0 Å². The van der Waals surface area contributed by atoms with Crippen LogP contribution in [0.15, 0.2) is 55.0 Å². The highest BCUT2D eigenvalue weighted by Crippen LogP contribution is 2.21. The molecule has 0 bridgehead atoms. The molecule has 118 valence electrons. The highest BCUT2D eigenvalue weighted by Gasteiger charge is 2.07. The van der Waals surface area contributed by atoms with Crippen LogP contribution in [0.5, 0.6) is 5.75 Å². The maximum atomic E-state index is 12.1. The van der Waals surface area contributed by atoms with Gasteiger partial charge in [-0.3, -0.25) is 9.78 Å². The lowest BCUT2D eigenvalue weighted by Crippen LogP contribution is -2.29. The molecule has 3 rings (SSSR count). The molecule has 0 atom stereocenters. The van der Waals surface area contributed by atoms with Crippen LogP contribution in [-0.4, -0.2) is 29.1 Å². The van der Waals surface area contributed by atoms with Gasteiger partial charge in [-0.15, -0.1) is 0 Å². The molecule has 0 unspecified atom stereocenters. The Kier molecular flexibility index (Phi) is 4.57. The zero-order valence-electron chi connectivity index (χ0n) is 13.0. The largest absolute Gasteiger partial charge is 0.497 e. The Morgan fingerprint density at radius 2 is 2.04 bits per heavy atom. The van der Waals surface area contributed by atoms with Gasteiger partial charge in [0, 0.05) is 36.0 Å². The molecule has 0 aliphatic rings. The van der Waals surface area contributed by atoms with Crippen LogP contribution in [0.25, 0.3) is 10.9 Å². The van der Waals surface area contributed by atoms with Crippen molar-refractivity contribution in [2.24, 2.45) is 0 Å². The summed E-state index contributed by atoms with van der Waals surface area (Å²) in [4.78, 5) is 16.1. The number of hydrogen-bond acceptors (Lipinski definition) is 3. The molecular weight excluding hydrogens is 290 g/mol. The first-order valence-electron chi connectivity index (χ1n) is 7.55. The third-order valence-corrected chi connectivity index (χ3v) is 3.78. The van der Waals surface area contributed by atoms with Gasteiger partial charge in [0.2, 0.25) is 5.91 Å². The van der Waals surface area contributed by atoms with E-state index >= 15 is 0 Å². The molecule has 0 spiro atoms. The van der Waals surface area contributed by atoms with E-state index in [-0.39, 0.29) is 5.91 Å². The highest BCUT2D eigenvalue weighted by molar-refractivity contribution is 5.84. The van der Waals surface area contributed by atoms with E-state index in [1.807, 2.05) is 47.2 Å². The lowest BCUT2D eigenvalue weighted by molar-refractivity contribution is -0.121. The number of ether oxygens (including phenoxy) is 1. The molecule has 1 N–H and O–H groups in total. The number of benzene rings is 1. The Morgan fingerprint density at radius 1 is 1.22 bits per heavy atom. The molecule has 5 nitrogen and oxygen atoms in total. The number of rotatable bonds is 6. The average molecular weight is 309 g/mol. The van der Waals surface area contributed by atoms with Crippen LogP contribution in [0.1, 0.15) is 5.56 Å². The zero-order chi connectivity index (χ0) is 16.1. The Labute approximate surface area is 134 Å². The minimum atomic E-state index is 0.00683. The van der Waals surface area contributed by atoms with Crippen LogP contribution in [0.2, 0.25) is 0 Å². The smallest absolute Gasteiger partial charge is 0.239 e. The first-order valence-corrected chi connectivity index (χ1v) is 7.55. The molecule has 1 amide bonds.